The second-order valence-electron chi connectivity index (χ2n) is 3.96. The van der Waals surface area contributed by atoms with Crippen LogP contribution in [0.1, 0.15) is 11.6 Å². The van der Waals surface area contributed by atoms with Crippen LogP contribution in [0.4, 0.5) is 0 Å². The molecule has 0 aromatic heterocycles. The Labute approximate surface area is 95.4 Å². The summed E-state index contributed by atoms with van der Waals surface area (Å²) in [7, 11) is 0. The van der Waals surface area contributed by atoms with Crippen LogP contribution in [0.25, 0.3) is 0 Å². The maximum Gasteiger partial charge on any atom is 0.244 e. The van der Waals surface area contributed by atoms with Gasteiger partial charge in [0.1, 0.15) is 6.04 Å². The molecule has 0 aliphatic carbocycles. The van der Waals surface area contributed by atoms with Crippen LogP contribution in [0, 0.1) is 0 Å². The number of carbonyl (C=O) groups is 1. The quantitative estimate of drug-likeness (QED) is 0.742. The van der Waals surface area contributed by atoms with Crippen molar-refractivity contribution in [2.24, 2.45) is 5.73 Å². The molecule has 1 saturated heterocycles. The fourth-order valence-corrected chi connectivity index (χ4v) is 1.88. The highest BCUT2D eigenvalue weighted by atomic mass is 16.2. The van der Waals surface area contributed by atoms with Crippen molar-refractivity contribution in [1.82, 2.24) is 10.2 Å². The molecule has 1 fully saturated rings. The van der Waals surface area contributed by atoms with Crippen molar-refractivity contribution >= 4 is 5.91 Å². The highest BCUT2D eigenvalue weighted by Crippen LogP contribution is 2.12. The summed E-state index contributed by atoms with van der Waals surface area (Å²) in [6, 6.07) is 8.99. The minimum absolute atomic E-state index is 0.0210. The molecule has 1 atom stereocenters. The number of hydrogen-bond donors (Lipinski definition) is 2. The largest absolute Gasteiger partial charge is 0.339 e. The highest BCUT2D eigenvalue weighted by Gasteiger charge is 2.23. The average molecular weight is 219 g/mol. The second kappa shape index (κ2) is 5.09. The summed E-state index contributed by atoms with van der Waals surface area (Å²) in [5.41, 5.74) is 6.84. The molecule has 0 saturated carbocycles. The zero-order valence-corrected chi connectivity index (χ0v) is 9.23. The summed E-state index contributed by atoms with van der Waals surface area (Å²) in [5.74, 6) is 0.0210. The Kier molecular flexibility index (Phi) is 3.54. The SMILES string of the molecule is N[C@H](C(=O)N1CCNCC1)c1ccccc1. The van der Waals surface area contributed by atoms with Crippen molar-refractivity contribution in [3.05, 3.63) is 35.9 Å². The number of hydrogen-bond acceptors (Lipinski definition) is 3. The molecule has 0 bridgehead atoms. The number of carbonyl (C=O) groups excluding carboxylic acids is 1. The third-order valence-corrected chi connectivity index (χ3v) is 2.85. The van der Waals surface area contributed by atoms with E-state index in [4.69, 9.17) is 5.73 Å². The summed E-state index contributed by atoms with van der Waals surface area (Å²) in [5, 5.41) is 3.21. The molecule has 0 unspecified atom stereocenters. The van der Waals surface area contributed by atoms with Crippen LogP contribution in [0.15, 0.2) is 30.3 Å². The predicted molar refractivity (Wildman–Crippen MR) is 62.8 cm³/mol. The molecule has 1 aromatic carbocycles. The van der Waals surface area contributed by atoms with E-state index in [0.29, 0.717) is 0 Å². The summed E-state index contributed by atoms with van der Waals surface area (Å²) in [4.78, 5) is 13.9. The minimum atomic E-state index is -0.528. The lowest BCUT2D eigenvalue weighted by Crippen LogP contribution is -2.49. The van der Waals surface area contributed by atoms with Crippen molar-refractivity contribution < 1.29 is 4.79 Å². The smallest absolute Gasteiger partial charge is 0.244 e. The van der Waals surface area contributed by atoms with Gasteiger partial charge in [-0.3, -0.25) is 4.79 Å². The van der Waals surface area contributed by atoms with Gasteiger partial charge in [0.15, 0.2) is 0 Å². The Balaban J connectivity index is 2.04. The first kappa shape index (κ1) is 11.1. The molecule has 2 rings (SSSR count). The predicted octanol–water partition coefficient (Wildman–Crippen LogP) is 0.118. The second-order valence-corrected chi connectivity index (χ2v) is 3.96. The molecular formula is C12H17N3O. The van der Waals surface area contributed by atoms with E-state index in [1.807, 2.05) is 35.2 Å². The van der Waals surface area contributed by atoms with Gasteiger partial charge in [0.05, 0.1) is 0 Å². The highest BCUT2D eigenvalue weighted by molar-refractivity contribution is 5.83. The van der Waals surface area contributed by atoms with Gasteiger partial charge in [0, 0.05) is 26.2 Å². The van der Waals surface area contributed by atoms with Crippen LogP contribution in [-0.2, 0) is 4.79 Å². The molecule has 16 heavy (non-hydrogen) atoms. The van der Waals surface area contributed by atoms with Crippen molar-refractivity contribution in [2.45, 2.75) is 6.04 Å². The first-order chi connectivity index (χ1) is 7.79. The number of benzene rings is 1. The van der Waals surface area contributed by atoms with Gasteiger partial charge in [0.25, 0.3) is 0 Å². The van der Waals surface area contributed by atoms with Crippen molar-refractivity contribution in [1.29, 1.82) is 0 Å². The van der Waals surface area contributed by atoms with Crippen LogP contribution in [-0.4, -0.2) is 37.0 Å². The van der Waals surface area contributed by atoms with E-state index in [9.17, 15) is 4.79 Å². The zero-order chi connectivity index (χ0) is 11.4. The number of rotatable bonds is 2. The van der Waals surface area contributed by atoms with Gasteiger partial charge in [-0.2, -0.15) is 0 Å². The minimum Gasteiger partial charge on any atom is -0.339 e. The lowest BCUT2D eigenvalue weighted by Gasteiger charge is -2.29. The van der Waals surface area contributed by atoms with Crippen molar-refractivity contribution in [2.75, 3.05) is 26.2 Å². The molecule has 1 aliphatic heterocycles. The Hall–Kier alpha value is -1.39. The Morgan fingerprint density at radius 3 is 2.50 bits per heavy atom. The lowest BCUT2D eigenvalue weighted by molar-refractivity contribution is -0.133. The van der Waals surface area contributed by atoms with Crippen LogP contribution in [0.2, 0.25) is 0 Å². The van der Waals surface area contributed by atoms with E-state index in [-0.39, 0.29) is 5.91 Å². The molecule has 1 heterocycles. The van der Waals surface area contributed by atoms with Gasteiger partial charge in [-0.25, -0.2) is 0 Å². The van der Waals surface area contributed by atoms with Crippen LogP contribution >= 0.6 is 0 Å². The van der Waals surface area contributed by atoms with E-state index in [0.717, 1.165) is 31.7 Å². The monoisotopic (exact) mass is 219 g/mol. The maximum atomic E-state index is 12.1. The lowest BCUT2D eigenvalue weighted by atomic mass is 10.1. The molecule has 86 valence electrons. The number of nitrogens with one attached hydrogen (secondary N) is 1. The molecule has 1 aromatic rings. The Morgan fingerprint density at radius 2 is 1.88 bits per heavy atom. The molecule has 0 spiro atoms. The molecule has 3 N–H and O–H groups in total. The zero-order valence-electron chi connectivity index (χ0n) is 9.23. The van der Waals surface area contributed by atoms with Gasteiger partial charge in [-0.15, -0.1) is 0 Å². The molecule has 0 radical (unpaired) electrons. The van der Waals surface area contributed by atoms with E-state index in [1.165, 1.54) is 0 Å². The van der Waals surface area contributed by atoms with E-state index in [2.05, 4.69) is 5.32 Å². The van der Waals surface area contributed by atoms with Gasteiger partial charge in [-0.05, 0) is 5.56 Å². The maximum absolute atomic E-state index is 12.1. The fraction of sp³-hybridized carbons (Fsp3) is 0.417. The van der Waals surface area contributed by atoms with Crippen molar-refractivity contribution in [3.63, 3.8) is 0 Å². The fourth-order valence-electron chi connectivity index (χ4n) is 1.88. The first-order valence-electron chi connectivity index (χ1n) is 5.59. The van der Waals surface area contributed by atoms with Gasteiger partial charge in [0.2, 0.25) is 5.91 Å². The van der Waals surface area contributed by atoms with Crippen LogP contribution in [0.5, 0.6) is 0 Å². The number of piperazine rings is 1. The summed E-state index contributed by atoms with van der Waals surface area (Å²) >= 11 is 0. The molecule has 4 heteroatoms. The van der Waals surface area contributed by atoms with Crippen LogP contribution < -0.4 is 11.1 Å². The molecular weight excluding hydrogens is 202 g/mol. The van der Waals surface area contributed by atoms with Gasteiger partial charge in [-0.1, -0.05) is 30.3 Å². The summed E-state index contributed by atoms with van der Waals surface area (Å²) in [6.45, 7) is 3.21. The molecule has 1 amide bonds. The summed E-state index contributed by atoms with van der Waals surface area (Å²) < 4.78 is 0. The third-order valence-electron chi connectivity index (χ3n) is 2.85. The first-order valence-corrected chi connectivity index (χ1v) is 5.59. The van der Waals surface area contributed by atoms with Crippen LogP contribution in [0.3, 0.4) is 0 Å². The Morgan fingerprint density at radius 1 is 1.25 bits per heavy atom. The number of nitrogens with zero attached hydrogens (tertiary/aromatic N) is 1. The standard InChI is InChI=1S/C12H17N3O/c13-11(10-4-2-1-3-5-10)12(16)15-8-6-14-7-9-15/h1-5,11,14H,6-9,13H2/t11-/m0/s1. The van der Waals surface area contributed by atoms with Crippen molar-refractivity contribution in [3.8, 4) is 0 Å². The van der Waals surface area contributed by atoms with Gasteiger partial charge >= 0.3 is 0 Å². The molecule has 4 nitrogen and oxygen atoms in total. The summed E-state index contributed by atoms with van der Waals surface area (Å²) in [6.07, 6.45) is 0. The number of nitrogens with two attached hydrogens (primary N) is 1. The van der Waals surface area contributed by atoms with E-state index < -0.39 is 6.04 Å². The normalized spacial score (nSPS) is 18.2. The Bertz CT molecular complexity index is 347. The number of amides is 1. The van der Waals surface area contributed by atoms with E-state index >= 15 is 0 Å². The molecule has 1 aliphatic rings. The third kappa shape index (κ3) is 2.40. The average Bonchev–Trinajstić information content (AvgIpc) is 2.39. The topological polar surface area (TPSA) is 58.4 Å². The van der Waals surface area contributed by atoms with E-state index in [1.54, 1.807) is 0 Å². The van der Waals surface area contributed by atoms with Gasteiger partial charge < -0.3 is 16.0 Å².